The molecule has 1 atom stereocenters. The van der Waals surface area contributed by atoms with Crippen molar-refractivity contribution in [1.29, 1.82) is 0 Å². The van der Waals surface area contributed by atoms with Crippen LogP contribution in [0.1, 0.15) is 19.8 Å². The van der Waals surface area contributed by atoms with Gasteiger partial charge in [-0.15, -0.1) is 0 Å². The van der Waals surface area contributed by atoms with E-state index in [9.17, 15) is 8.42 Å². The van der Waals surface area contributed by atoms with Crippen LogP contribution in [0.4, 0.5) is 0 Å². The Morgan fingerprint density at radius 3 is 2.40 bits per heavy atom. The van der Waals surface area contributed by atoms with Gasteiger partial charge in [0.1, 0.15) is 0 Å². The summed E-state index contributed by atoms with van der Waals surface area (Å²) in [4.78, 5) is 0. The molecule has 0 heterocycles. The highest BCUT2D eigenvalue weighted by atomic mass is 32.2. The van der Waals surface area contributed by atoms with Gasteiger partial charge in [-0.25, -0.2) is 13.6 Å². The first kappa shape index (κ1) is 9.87. The fourth-order valence-corrected chi connectivity index (χ4v) is 1.39. The summed E-state index contributed by atoms with van der Waals surface area (Å²) in [7, 11) is -3.50. The second-order valence-corrected chi connectivity index (χ2v) is 3.93. The van der Waals surface area contributed by atoms with Gasteiger partial charge in [0.2, 0.25) is 10.0 Å². The van der Waals surface area contributed by atoms with Crippen LogP contribution in [0.5, 0.6) is 0 Å². The third-order valence-electron chi connectivity index (χ3n) is 1.05. The van der Waals surface area contributed by atoms with Crippen LogP contribution in [0.3, 0.4) is 0 Å². The Bertz CT molecular complexity index is 175. The standard InChI is InChI=1S/C5H13NO3S/c1-2-3-5(7)4-10(6,8)9/h5,7H,2-4H2,1H3,(H2,6,8,9). The van der Waals surface area contributed by atoms with Crippen molar-refractivity contribution >= 4 is 10.0 Å². The van der Waals surface area contributed by atoms with Crippen LogP contribution in [0.2, 0.25) is 0 Å². The van der Waals surface area contributed by atoms with Crippen LogP contribution < -0.4 is 5.14 Å². The molecular weight excluding hydrogens is 154 g/mol. The number of sulfonamides is 1. The van der Waals surface area contributed by atoms with E-state index in [0.717, 1.165) is 6.42 Å². The van der Waals surface area contributed by atoms with Crippen molar-refractivity contribution in [3.8, 4) is 0 Å². The molecule has 0 aliphatic heterocycles. The summed E-state index contributed by atoms with van der Waals surface area (Å²) in [6, 6.07) is 0. The van der Waals surface area contributed by atoms with Gasteiger partial charge in [-0.2, -0.15) is 0 Å². The highest BCUT2D eigenvalue weighted by Gasteiger charge is 2.10. The third kappa shape index (κ3) is 6.00. The monoisotopic (exact) mass is 167 g/mol. The number of nitrogens with two attached hydrogens (primary N) is 1. The van der Waals surface area contributed by atoms with Gasteiger partial charge in [0, 0.05) is 0 Å². The molecule has 0 radical (unpaired) electrons. The number of hydrogen-bond acceptors (Lipinski definition) is 3. The van der Waals surface area contributed by atoms with Crippen molar-refractivity contribution in [1.82, 2.24) is 0 Å². The van der Waals surface area contributed by atoms with E-state index in [4.69, 9.17) is 5.11 Å². The van der Waals surface area contributed by atoms with Gasteiger partial charge < -0.3 is 5.11 Å². The van der Waals surface area contributed by atoms with Crippen LogP contribution in [-0.2, 0) is 10.0 Å². The maximum Gasteiger partial charge on any atom is 0.211 e. The van der Waals surface area contributed by atoms with Crippen LogP contribution in [0, 0.1) is 0 Å². The second-order valence-electron chi connectivity index (χ2n) is 2.27. The molecule has 0 rings (SSSR count). The summed E-state index contributed by atoms with van der Waals surface area (Å²) in [6.45, 7) is 1.87. The molecule has 0 bridgehead atoms. The summed E-state index contributed by atoms with van der Waals surface area (Å²) in [5.41, 5.74) is 0. The average molecular weight is 167 g/mol. The molecule has 0 amide bonds. The number of primary sulfonamides is 1. The Morgan fingerprint density at radius 1 is 1.60 bits per heavy atom. The summed E-state index contributed by atoms with van der Waals surface area (Å²) < 4.78 is 20.7. The van der Waals surface area contributed by atoms with Crippen molar-refractivity contribution in [3.63, 3.8) is 0 Å². The molecule has 0 aromatic carbocycles. The van der Waals surface area contributed by atoms with Gasteiger partial charge in [0.25, 0.3) is 0 Å². The number of aliphatic hydroxyl groups excluding tert-OH is 1. The van der Waals surface area contributed by atoms with Crippen molar-refractivity contribution in [3.05, 3.63) is 0 Å². The fourth-order valence-electron chi connectivity index (χ4n) is 0.685. The van der Waals surface area contributed by atoms with Crippen molar-refractivity contribution in [2.75, 3.05) is 5.75 Å². The summed E-state index contributed by atoms with van der Waals surface area (Å²) >= 11 is 0. The van der Waals surface area contributed by atoms with Gasteiger partial charge in [-0.05, 0) is 6.42 Å². The second kappa shape index (κ2) is 3.90. The smallest absolute Gasteiger partial charge is 0.211 e. The lowest BCUT2D eigenvalue weighted by molar-refractivity contribution is 0.186. The zero-order valence-corrected chi connectivity index (χ0v) is 6.76. The highest BCUT2D eigenvalue weighted by Crippen LogP contribution is 1.97. The van der Waals surface area contributed by atoms with Crippen molar-refractivity contribution in [2.24, 2.45) is 5.14 Å². The van der Waals surface area contributed by atoms with Crippen LogP contribution in [-0.4, -0.2) is 25.4 Å². The van der Waals surface area contributed by atoms with E-state index in [1.165, 1.54) is 0 Å². The Labute approximate surface area is 61.1 Å². The maximum atomic E-state index is 10.3. The molecule has 0 aliphatic rings. The van der Waals surface area contributed by atoms with E-state index in [0.29, 0.717) is 6.42 Å². The first-order valence-electron chi connectivity index (χ1n) is 3.14. The van der Waals surface area contributed by atoms with Crippen LogP contribution in [0.15, 0.2) is 0 Å². The van der Waals surface area contributed by atoms with Crippen LogP contribution >= 0.6 is 0 Å². The molecule has 3 N–H and O–H groups in total. The largest absolute Gasteiger partial charge is 0.392 e. The highest BCUT2D eigenvalue weighted by molar-refractivity contribution is 7.89. The minimum absolute atomic E-state index is 0.332. The zero-order valence-electron chi connectivity index (χ0n) is 5.95. The first-order valence-corrected chi connectivity index (χ1v) is 4.85. The number of rotatable bonds is 4. The van der Waals surface area contributed by atoms with Gasteiger partial charge in [0.05, 0.1) is 11.9 Å². The topological polar surface area (TPSA) is 80.4 Å². The lowest BCUT2D eigenvalue weighted by Crippen LogP contribution is -2.26. The molecule has 62 valence electrons. The summed E-state index contributed by atoms with van der Waals surface area (Å²) in [5, 5.41) is 13.6. The van der Waals surface area contributed by atoms with E-state index in [-0.39, 0.29) is 5.75 Å². The molecule has 0 aromatic heterocycles. The van der Waals surface area contributed by atoms with Crippen LogP contribution in [0.25, 0.3) is 0 Å². The summed E-state index contributed by atoms with van der Waals surface area (Å²) in [5.74, 6) is -0.332. The van der Waals surface area contributed by atoms with E-state index in [1.54, 1.807) is 0 Å². The Balaban J connectivity index is 3.69. The maximum absolute atomic E-state index is 10.3. The van der Waals surface area contributed by atoms with Gasteiger partial charge in [-0.3, -0.25) is 0 Å². The molecule has 1 unspecified atom stereocenters. The molecule has 0 saturated carbocycles. The zero-order chi connectivity index (χ0) is 8.20. The minimum Gasteiger partial charge on any atom is -0.392 e. The molecule has 5 heteroatoms. The lowest BCUT2D eigenvalue weighted by atomic mass is 10.2. The predicted molar refractivity (Wildman–Crippen MR) is 38.9 cm³/mol. The van der Waals surface area contributed by atoms with E-state index in [2.05, 4.69) is 5.14 Å². The van der Waals surface area contributed by atoms with Gasteiger partial charge >= 0.3 is 0 Å². The fraction of sp³-hybridized carbons (Fsp3) is 1.00. The molecule has 10 heavy (non-hydrogen) atoms. The molecule has 4 nitrogen and oxygen atoms in total. The Morgan fingerprint density at radius 2 is 2.10 bits per heavy atom. The number of aliphatic hydroxyl groups is 1. The van der Waals surface area contributed by atoms with Gasteiger partial charge in [-0.1, -0.05) is 13.3 Å². The molecule has 0 aromatic rings. The van der Waals surface area contributed by atoms with Crippen molar-refractivity contribution in [2.45, 2.75) is 25.9 Å². The summed E-state index contributed by atoms with van der Waals surface area (Å²) in [6.07, 6.45) is 0.438. The van der Waals surface area contributed by atoms with E-state index in [1.807, 2.05) is 6.92 Å². The third-order valence-corrected chi connectivity index (χ3v) is 1.90. The minimum atomic E-state index is -3.50. The van der Waals surface area contributed by atoms with Crippen molar-refractivity contribution < 1.29 is 13.5 Å². The Hall–Kier alpha value is -0.130. The number of hydrogen-bond donors (Lipinski definition) is 2. The normalized spacial score (nSPS) is 15.1. The average Bonchev–Trinajstić information content (AvgIpc) is 1.59. The van der Waals surface area contributed by atoms with E-state index >= 15 is 0 Å². The molecular formula is C5H13NO3S. The quantitative estimate of drug-likeness (QED) is 0.588. The molecule has 0 aliphatic carbocycles. The van der Waals surface area contributed by atoms with Gasteiger partial charge in [0.15, 0.2) is 0 Å². The van der Waals surface area contributed by atoms with E-state index < -0.39 is 16.1 Å². The molecule has 0 spiro atoms. The SMILES string of the molecule is CCCC(O)CS(N)(=O)=O. The first-order chi connectivity index (χ1) is 4.45. The lowest BCUT2D eigenvalue weighted by Gasteiger charge is -2.05. The molecule has 0 fully saturated rings. The molecule has 0 saturated heterocycles. The Kier molecular flexibility index (Phi) is 3.85. The predicted octanol–water partition coefficient (Wildman–Crippen LogP) is -0.564.